The molecule has 168 valence electrons. The van der Waals surface area contributed by atoms with E-state index in [-0.39, 0.29) is 5.91 Å². The summed E-state index contributed by atoms with van der Waals surface area (Å²) < 4.78 is 5.29. The molecule has 0 aliphatic carbocycles. The lowest BCUT2D eigenvalue weighted by Gasteiger charge is -2.14. The summed E-state index contributed by atoms with van der Waals surface area (Å²) in [6, 6.07) is 25.4. The van der Waals surface area contributed by atoms with Crippen LogP contribution in [0.3, 0.4) is 0 Å². The van der Waals surface area contributed by atoms with Gasteiger partial charge < -0.3 is 4.74 Å². The number of pyridine rings is 1. The van der Waals surface area contributed by atoms with Crippen LogP contribution >= 0.6 is 11.3 Å². The van der Waals surface area contributed by atoms with Crippen LogP contribution in [0.15, 0.2) is 78.9 Å². The Bertz CT molecular complexity index is 1490. The smallest absolute Gasteiger partial charge is 0.258 e. The summed E-state index contributed by atoms with van der Waals surface area (Å²) in [6.07, 6.45) is 0. The summed E-state index contributed by atoms with van der Waals surface area (Å²) in [6.45, 7) is 3.96. The molecule has 0 atom stereocenters. The lowest BCUT2D eigenvalue weighted by Crippen LogP contribution is -2.15. The van der Waals surface area contributed by atoms with Crippen LogP contribution in [0.4, 0.5) is 5.13 Å². The summed E-state index contributed by atoms with van der Waals surface area (Å²) in [5.74, 6) is 0.577. The first kappa shape index (κ1) is 21.8. The van der Waals surface area contributed by atoms with Crippen molar-refractivity contribution in [2.75, 3.05) is 12.4 Å². The quantitative estimate of drug-likeness (QED) is 0.306. The largest absolute Gasteiger partial charge is 0.497 e. The van der Waals surface area contributed by atoms with Crippen molar-refractivity contribution in [1.29, 1.82) is 0 Å². The molecule has 1 amide bonds. The average molecular weight is 466 g/mol. The minimum Gasteiger partial charge on any atom is -0.497 e. The lowest BCUT2D eigenvalue weighted by molar-refractivity contribution is 0.102. The molecule has 0 aliphatic rings. The number of nitrogens with zero attached hydrogens (tertiary/aromatic N) is 2. The average Bonchev–Trinajstić information content (AvgIpc) is 3.23. The van der Waals surface area contributed by atoms with Crippen LogP contribution in [0.5, 0.6) is 5.75 Å². The summed E-state index contributed by atoms with van der Waals surface area (Å²) in [5, 5.41) is 4.43. The van der Waals surface area contributed by atoms with Crippen LogP contribution in [0.2, 0.25) is 0 Å². The van der Waals surface area contributed by atoms with Crippen molar-refractivity contribution >= 4 is 33.3 Å². The normalized spacial score (nSPS) is 10.9. The summed E-state index contributed by atoms with van der Waals surface area (Å²) >= 11 is 1.48. The Labute approximate surface area is 202 Å². The molecular weight excluding hydrogens is 442 g/mol. The Balaban J connectivity index is 1.56. The maximum atomic E-state index is 13.6. The minimum atomic E-state index is -0.195. The van der Waals surface area contributed by atoms with Gasteiger partial charge in [-0.1, -0.05) is 48.5 Å². The van der Waals surface area contributed by atoms with Gasteiger partial charge in [-0.15, -0.1) is 11.3 Å². The number of methoxy groups -OCH3 is 1. The predicted octanol–water partition coefficient (Wildman–Crippen LogP) is 6.90. The van der Waals surface area contributed by atoms with Crippen LogP contribution < -0.4 is 10.1 Å². The molecule has 3 aromatic carbocycles. The molecule has 0 fully saturated rings. The molecule has 5 aromatic rings. The van der Waals surface area contributed by atoms with Gasteiger partial charge in [0.1, 0.15) is 5.75 Å². The Hall–Kier alpha value is -4.03. The number of amides is 1. The van der Waals surface area contributed by atoms with Crippen molar-refractivity contribution < 1.29 is 9.53 Å². The van der Waals surface area contributed by atoms with Gasteiger partial charge in [0.25, 0.3) is 5.91 Å². The molecule has 2 heterocycles. The number of nitrogens with one attached hydrogen (secondary N) is 1. The fraction of sp³-hybridized carbons (Fsp3) is 0.107. The fourth-order valence-corrected chi connectivity index (χ4v) is 4.93. The molecule has 5 rings (SSSR count). The number of anilines is 1. The molecule has 1 N–H and O–H groups in total. The van der Waals surface area contributed by atoms with Gasteiger partial charge >= 0.3 is 0 Å². The molecule has 0 saturated heterocycles. The highest BCUT2D eigenvalue weighted by Crippen LogP contribution is 2.33. The predicted molar refractivity (Wildman–Crippen MR) is 139 cm³/mol. The number of rotatable bonds is 5. The summed E-state index contributed by atoms with van der Waals surface area (Å²) in [4.78, 5) is 24.2. The molecule has 34 heavy (non-hydrogen) atoms. The molecule has 0 unspecified atom stereocenters. The number of hydrogen-bond donors (Lipinski definition) is 1. The number of hydrogen-bond acceptors (Lipinski definition) is 5. The Kier molecular flexibility index (Phi) is 5.82. The standard InChI is InChI=1S/C28H23N3O2S/c1-17-24(27(32)31-28-30-26(18(2)34-28)19-9-5-4-6-10-19)22-11-7-8-12-23(22)29-25(17)20-13-15-21(33-3)16-14-20/h4-16H,1-3H3,(H,30,31,32). The molecule has 0 radical (unpaired) electrons. The molecule has 6 heteroatoms. The van der Waals surface area contributed by atoms with Gasteiger partial charge in [0.05, 0.1) is 29.6 Å². The third kappa shape index (κ3) is 4.04. The zero-order valence-electron chi connectivity index (χ0n) is 19.1. The van der Waals surface area contributed by atoms with Gasteiger partial charge in [-0.25, -0.2) is 9.97 Å². The molecule has 0 bridgehead atoms. The van der Waals surface area contributed by atoms with Crippen molar-refractivity contribution in [1.82, 2.24) is 9.97 Å². The van der Waals surface area contributed by atoms with Crippen molar-refractivity contribution in [2.45, 2.75) is 13.8 Å². The molecule has 5 nitrogen and oxygen atoms in total. The third-order valence-corrected chi connectivity index (χ3v) is 6.68. The monoisotopic (exact) mass is 465 g/mol. The summed E-state index contributed by atoms with van der Waals surface area (Å²) in [5.41, 5.74) is 5.80. The van der Waals surface area contributed by atoms with Crippen LogP contribution in [0, 0.1) is 13.8 Å². The molecule has 0 saturated carbocycles. The zero-order valence-corrected chi connectivity index (χ0v) is 19.9. The number of carbonyl (C=O) groups is 1. The van der Waals surface area contributed by atoms with E-state index in [1.54, 1.807) is 7.11 Å². The molecule has 0 spiro atoms. The van der Waals surface area contributed by atoms with Crippen molar-refractivity contribution in [3.05, 3.63) is 94.9 Å². The number of aromatic nitrogens is 2. The van der Waals surface area contributed by atoms with Crippen LogP contribution in [-0.4, -0.2) is 23.0 Å². The van der Waals surface area contributed by atoms with E-state index in [0.29, 0.717) is 10.7 Å². The van der Waals surface area contributed by atoms with Crippen LogP contribution in [0.1, 0.15) is 20.8 Å². The van der Waals surface area contributed by atoms with E-state index >= 15 is 0 Å². The maximum absolute atomic E-state index is 13.6. The van der Waals surface area contributed by atoms with E-state index in [9.17, 15) is 4.79 Å². The number of para-hydroxylation sites is 1. The number of fused-ring (bicyclic) bond motifs is 1. The van der Waals surface area contributed by atoms with Gasteiger partial charge in [-0.3, -0.25) is 10.1 Å². The summed E-state index contributed by atoms with van der Waals surface area (Å²) in [7, 11) is 1.64. The molecular formula is C28H23N3O2S. The number of carbonyl (C=O) groups excluding carboxylic acids is 1. The van der Waals surface area contributed by atoms with Crippen LogP contribution in [-0.2, 0) is 0 Å². The van der Waals surface area contributed by atoms with Gasteiger partial charge in [-0.05, 0) is 49.7 Å². The number of ether oxygens (including phenoxy) is 1. The number of aryl methyl sites for hydroxylation is 1. The lowest BCUT2D eigenvalue weighted by atomic mass is 9.97. The van der Waals surface area contributed by atoms with E-state index in [4.69, 9.17) is 14.7 Å². The van der Waals surface area contributed by atoms with Crippen molar-refractivity contribution in [3.8, 4) is 28.3 Å². The number of thiazole rings is 1. The second-order valence-corrected chi connectivity index (χ2v) is 9.15. The minimum absolute atomic E-state index is 0.195. The number of benzene rings is 3. The molecule has 0 aliphatic heterocycles. The van der Waals surface area contributed by atoms with E-state index in [0.717, 1.165) is 49.6 Å². The van der Waals surface area contributed by atoms with Gasteiger partial charge in [0.15, 0.2) is 5.13 Å². The fourth-order valence-electron chi connectivity index (χ4n) is 4.10. The van der Waals surface area contributed by atoms with E-state index in [1.165, 1.54) is 11.3 Å². The first-order valence-electron chi connectivity index (χ1n) is 10.9. The highest BCUT2D eigenvalue weighted by Gasteiger charge is 2.21. The van der Waals surface area contributed by atoms with Crippen LogP contribution in [0.25, 0.3) is 33.4 Å². The highest BCUT2D eigenvalue weighted by atomic mass is 32.1. The Morgan fingerprint density at radius 3 is 2.24 bits per heavy atom. The van der Waals surface area contributed by atoms with Gasteiger partial charge in [0.2, 0.25) is 0 Å². The van der Waals surface area contributed by atoms with Crippen molar-refractivity contribution in [2.24, 2.45) is 0 Å². The van der Waals surface area contributed by atoms with Crippen molar-refractivity contribution in [3.63, 3.8) is 0 Å². The highest BCUT2D eigenvalue weighted by molar-refractivity contribution is 7.16. The SMILES string of the molecule is COc1ccc(-c2nc3ccccc3c(C(=O)Nc3nc(-c4ccccc4)c(C)s3)c2C)cc1. The van der Waals surface area contributed by atoms with Gasteiger partial charge in [-0.2, -0.15) is 0 Å². The maximum Gasteiger partial charge on any atom is 0.258 e. The Morgan fingerprint density at radius 1 is 0.824 bits per heavy atom. The van der Waals surface area contributed by atoms with E-state index in [2.05, 4.69) is 5.32 Å². The Morgan fingerprint density at radius 2 is 1.50 bits per heavy atom. The second-order valence-electron chi connectivity index (χ2n) is 7.95. The second kappa shape index (κ2) is 9.08. The first-order chi connectivity index (χ1) is 16.5. The third-order valence-electron chi connectivity index (χ3n) is 5.79. The van der Waals surface area contributed by atoms with E-state index in [1.807, 2.05) is 92.7 Å². The first-order valence-corrected chi connectivity index (χ1v) is 11.7. The van der Waals surface area contributed by atoms with E-state index < -0.39 is 0 Å². The zero-order chi connectivity index (χ0) is 23.7. The molecule has 2 aromatic heterocycles. The van der Waals surface area contributed by atoms with Gasteiger partial charge in [0, 0.05) is 21.4 Å². The topological polar surface area (TPSA) is 64.1 Å².